The van der Waals surface area contributed by atoms with E-state index in [9.17, 15) is 0 Å². The van der Waals surface area contributed by atoms with Crippen LogP contribution in [0.1, 0.15) is 47.5 Å². The Bertz CT molecular complexity index is 229. The van der Waals surface area contributed by atoms with E-state index in [2.05, 4.69) is 44.8 Å². The van der Waals surface area contributed by atoms with E-state index in [0.717, 1.165) is 38.8 Å². The Kier molecular flexibility index (Phi) is 6.61. The Balaban J connectivity index is 2.24. The van der Waals surface area contributed by atoms with Crippen molar-refractivity contribution < 1.29 is 4.74 Å². The molecule has 0 radical (unpaired) electrons. The molecule has 0 aliphatic carbocycles. The van der Waals surface area contributed by atoms with Crippen LogP contribution in [0.25, 0.3) is 0 Å². The number of piperazine rings is 1. The molecule has 1 unspecified atom stereocenters. The summed E-state index contributed by atoms with van der Waals surface area (Å²) in [5.41, 5.74) is 0.240. The van der Waals surface area contributed by atoms with Crippen molar-refractivity contribution in [3.8, 4) is 0 Å². The van der Waals surface area contributed by atoms with E-state index >= 15 is 0 Å². The monoisotopic (exact) mass is 256 g/mol. The van der Waals surface area contributed by atoms with Crippen LogP contribution in [-0.2, 0) is 4.74 Å². The molecule has 0 aromatic carbocycles. The first kappa shape index (κ1) is 15.9. The molecule has 1 rings (SSSR count). The normalized spacial score (nSPS) is 24.7. The highest BCUT2D eigenvalue weighted by atomic mass is 16.5. The first-order chi connectivity index (χ1) is 8.44. The lowest BCUT2D eigenvalue weighted by Crippen LogP contribution is -2.61. The summed E-state index contributed by atoms with van der Waals surface area (Å²) in [6.45, 7) is 16.4. The number of nitrogens with zero attached hydrogens (tertiary/aromatic N) is 1. The number of nitrogens with one attached hydrogen (secondary N) is 1. The van der Waals surface area contributed by atoms with Crippen molar-refractivity contribution in [2.24, 2.45) is 5.92 Å². The molecular formula is C15H32N2O. The summed E-state index contributed by atoms with van der Waals surface area (Å²) >= 11 is 0. The molecule has 1 aliphatic heterocycles. The number of hydrogen-bond acceptors (Lipinski definition) is 3. The molecule has 0 bridgehead atoms. The van der Waals surface area contributed by atoms with Gasteiger partial charge < -0.3 is 10.1 Å². The van der Waals surface area contributed by atoms with E-state index in [1.807, 2.05) is 0 Å². The average molecular weight is 256 g/mol. The summed E-state index contributed by atoms with van der Waals surface area (Å²) < 4.78 is 5.75. The summed E-state index contributed by atoms with van der Waals surface area (Å²) in [5, 5.41) is 3.62. The van der Waals surface area contributed by atoms with Crippen molar-refractivity contribution in [2.75, 3.05) is 32.8 Å². The molecule has 0 spiro atoms. The lowest BCUT2D eigenvalue weighted by Gasteiger charge is -2.44. The van der Waals surface area contributed by atoms with Crippen LogP contribution in [-0.4, -0.2) is 49.3 Å². The van der Waals surface area contributed by atoms with Crippen molar-refractivity contribution in [3.63, 3.8) is 0 Å². The Morgan fingerprint density at radius 3 is 2.67 bits per heavy atom. The third kappa shape index (κ3) is 5.68. The van der Waals surface area contributed by atoms with Crippen LogP contribution in [0.15, 0.2) is 0 Å². The molecule has 108 valence electrons. The quantitative estimate of drug-likeness (QED) is 0.708. The van der Waals surface area contributed by atoms with Gasteiger partial charge in [0.25, 0.3) is 0 Å². The van der Waals surface area contributed by atoms with Gasteiger partial charge in [0, 0.05) is 37.8 Å². The lowest BCUT2D eigenvalue weighted by atomic mass is 9.98. The van der Waals surface area contributed by atoms with Crippen LogP contribution >= 0.6 is 0 Å². The smallest absolute Gasteiger partial charge is 0.0593 e. The average Bonchev–Trinajstić information content (AvgIpc) is 2.27. The highest BCUT2D eigenvalue weighted by Crippen LogP contribution is 2.16. The fraction of sp³-hybridized carbons (Fsp3) is 1.00. The van der Waals surface area contributed by atoms with Crippen molar-refractivity contribution in [1.82, 2.24) is 10.2 Å². The third-order valence-electron chi connectivity index (χ3n) is 3.76. The Morgan fingerprint density at radius 2 is 2.06 bits per heavy atom. The Morgan fingerprint density at radius 1 is 1.33 bits per heavy atom. The van der Waals surface area contributed by atoms with Gasteiger partial charge in [0.15, 0.2) is 0 Å². The molecule has 0 aromatic rings. The molecule has 1 N–H and O–H groups in total. The van der Waals surface area contributed by atoms with E-state index in [1.54, 1.807) is 0 Å². The van der Waals surface area contributed by atoms with Crippen molar-refractivity contribution >= 4 is 0 Å². The zero-order valence-electron chi connectivity index (χ0n) is 13.0. The molecule has 3 nitrogen and oxygen atoms in total. The van der Waals surface area contributed by atoms with Crippen LogP contribution in [0, 0.1) is 5.92 Å². The molecule has 0 aromatic heterocycles. The highest BCUT2D eigenvalue weighted by molar-refractivity contribution is 4.91. The maximum absolute atomic E-state index is 5.75. The van der Waals surface area contributed by atoms with Gasteiger partial charge in [0.2, 0.25) is 0 Å². The molecule has 1 heterocycles. The maximum Gasteiger partial charge on any atom is 0.0593 e. The highest BCUT2D eigenvalue weighted by Gasteiger charge is 2.30. The van der Waals surface area contributed by atoms with Gasteiger partial charge in [0.05, 0.1) is 6.61 Å². The van der Waals surface area contributed by atoms with Crippen LogP contribution in [0.4, 0.5) is 0 Å². The largest absolute Gasteiger partial charge is 0.380 e. The van der Waals surface area contributed by atoms with Crippen molar-refractivity contribution in [1.29, 1.82) is 0 Å². The first-order valence-corrected chi connectivity index (χ1v) is 7.51. The van der Waals surface area contributed by atoms with Gasteiger partial charge >= 0.3 is 0 Å². The van der Waals surface area contributed by atoms with Crippen molar-refractivity contribution in [3.05, 3.63) is 0 Å². The van der Waals surface area contributed by atoms with Crippen LogP contribution in [0.3, 0.4) is 0 Å². The van der Waals surface area contributed by atoms with E-state index < -0.39 is 0 Å². The van der Waals surface area contributed by atoms with Crippen LogP contribution in [0.5, 0.6) is 0 Å². The second kappa shape index (κ2) is 7.46. The molecule has 1 atom stereocenters. The van der Waals surface area contributed by atoms with Crippen molar-refractivity contribution in [2.45, 2.75) is 59.0 Å². The lowest BCUT2D eigenvalue weighted by molar-refractivity contribution is 0.0454. The van der Waals surface area contributed by atoms with Gasteiger partial charge in [-0.15, -0.1) is 0 Å². The molecule has 0 amide bonds. The SMILES string of the molecule is CCC1CNC(C)(C)CN1CCOCCC(C)C. The molecule has 18 heavy (non-hydrogen) atoms. The van der Waals surface area contributed by atoms with Crippen LogP contribution in [0.2, 0.25) is 0 Å². The standard InChI is InChI=1S/C15H32N2O/c1-6-14-11-16-15(4,5)12-17(14)8-10-18-9-7-13(2)3/h13-14,16H,6-12H2,1-5H3. The van der Waals surface area contributed by atoms with Gasteiger partial charge in [-0.25, -0.2) is 0 Å². The fourth-order valence-electron chi connectivity index (χ4n) is 2.48. The van der Waals surface area contributed by atoms with Gasteiger partial charge in [-0.3, -0.25) is 4.90 Å². The molecular weight excluding hydrogens is 224 g/mol. The zero-order valence-corrected chi connectivity index (χ0v) is 13.0. The number of hydrogen-bond donors (Lipinski definition) is 1. The number of rotatable bonds is 7. The van der Waals surface area contributed by atoms with E-state index in [4.69, 9.17) is 4.74 Å². The maximum atomic E-state index is 5.75. The zero-order chi connectivity index (χ0) is 13.6. The molecule has 1 aliphatic rings. The molecule has 1 saturated heterocycles. The molecule has 3 heteroatoms. The van der Waals surface area contributed by atoms with Gasteiger partial charge in [0.1, 0.15) is 0 Å². The summed E-state index contributed by atoms with van der Waals surface area (Å²) in [4.78, 5) is 2.59. The van der Waals surface area contributed by atoms with E-state index in [1.165, 1.54) is 12.8 Å². The van der Waals surface area contributed by atoms with Gasteiger partial charge in [-0.2, -0.15) is 0 Å². The van der Waals surface area contributed by atoms with Gasteiger partial charge in [-0.05, 0) is 32.6 Å². The Labute approximate surface area is 113 Å². The minimum absolute atomic E-state index is 0.240. The van der Waals surface area contributed by atoms with Crippen LogP contribution < -0.4 is 5.32 Å². The summed E-state index contributed by atoms with van der Waals surface area (Å²) in [6, 6.07) is 0.673. The predicted molar refractivity (Wildman–Crippen MR) is 78.0 cm³/mol. The fourth-order valence-corrected chi connectivity index (χ4v) is 2.48. The number of ether oxygens (including phenoxy) is 1. The topological polar surface area (TPSA) is 24.5 Å². The van der Waals surface area contributed by atoms with Gasteiger partial charge in [-0.1, -0.05) is 20.8 Å². The minimum atomic E-state index is 0.240. The second-order valence-corrected chi connectivity index (χ2v) is 6.59. The summed E-state index contributed by atoms with van der Waals surface area (Å²) in [6.07, 6.45) is 2.39. The van der Waals surface area contributed by atoms with E-state index in [0.29, 0.717) is 6.04 Å². The molecule has 0 saturated carbocycles. The summed E-state index contributed by atoms with van der Waals surface area (Å²) in [7, 11) is 0. The summed E-state index contributed by atoms with van der Waals surface area (Å²) in [5.74, 6) is 0.742. The predicted octanol–water partition coefficient (Wildman–Crippen LogP) is 2.51. The Hall–Kier alpha value is -0.120. The minimum Gasteiger partial charge on any atom is -0.380 e. The third-order valence-corrected chi connectivity index (χ3v) is 3.76. The second-order valence-electron chi connectivity index (χ2n) is 6.59. The first-order valence-electron chi connectivity index (χ1n) is 7.51. The van der Waals surface area contributed by atoms with E-state index in [-0.39, 0.29) is 5.54 Å². The molecule has 1 fully saturated rings.